The summed E-state index contributed by atoms with van der Waals surface area (Å²) in [6.45, 7) is 1.30. The Morgan fingerprint density at radius 1 is 1.43 bits per heavy atom. The first-order valence-corrected chi connectivity index (χ1v) is 6.80. The molecule has 0 aliphatic carbocycles. The van der Waals surface area contributed by atoms with Gasteiger partial charge in [0.15, 0.2) is 0 Å². The van der Waals surface area contributed by atoms with Gasteiger partial charge in [0.2, 0.25) is 0 Å². The molecule has 3 rings (SSSR count). The summed E-state index contributed by atoms with van der Waals surface area (Å²) < 4.78 is 15.5. The van der Waals surface area contributed by atoms with Crippen molar-refractivity contribution in [2.24, 2.45) is 0 Å². The van der Waals surface area contributed by atoms with Crippen molar-refractivity contribution in [1.29, 1.82) is 0 Å². The lowest BCUT2D eigenvalue weighted by atomic mass is 10.0. The molecule has 1 aromatic carbocycles. The maximum atomic E-state index is 14.0. The van der Waals surface area contributed by atoms with Gasteiger partial charge in [-0.05, 0) is 19.2 Å². The van der Waals surface area contributed by atoms with Gasteiger partial charge in [-0.25, -0.2) is 4.39 Å². The number of hydrogen-bond acceptors (Lipinski definition) is 3. The lowest BCUT2D eigenvalue weighted by Gasteiger charge is -2.23. The average molecular weight is 289 g/mol. The second kappa shape index (κ2) is 5.29. The highest BCUT2D eigenvalue weighted by atomic mass is 19.1. The Kier molecular flexibility index (Phi) is 3.47. The topological polar surface area (TPSA) is 58.4 Å². The van der Waals surface area contributed by atoms with Crippen LogP contribution in [0.3, 0.4) is 0 Å². The molecule has 0 atom stereocenters. The molecule has 21 heavy (non-hydrogen) atoms. The van der Waals surface area contributed by atoms with Crippen LogP contribution in [0, 0.1) is 5.82 Å². The minimum Gasteiger partial charge on any atom is -0.480 e. The van der Waals surface area contributed by atoms with Crippen LogP contribution in [-0.4, -0.2) is 39.3 Å². The summed E-state index contributed by atoms with van der Waals surface area (Å²) >= 11 is 0. The van der Waals surface area contributed by atoms with Gasteiger partial charge in [0.25, 0.3) is 0 Å². The minimum absolute atomic E-state index is 0.194. The Morgan fingerprint density at radius 3 is 2.90 bits per heavy atom. The molecular weight excluding hydrogens is 273 g/mol. The lowest BCUT2D eigenvalue weighted by molar-refractivity contribution is -0.137. The van der Waals surface area contributed by atoms with E-state index in [4.69, 9.17) is 5.11 Å². The average Bonchev–Trinajstić information content (AvgIpc) is 2.76. The Morgan fingerprint density at radius 2 is 2.19 bits per heavy atom. The van der Waals surface area contributed by atoms with E-state index in [2.05, 4.69) is 10.00 Å². The quantitative estimate of drug-likeness (QED) is 0.935. The van der Waals surface area contributed by atoms with Crippen LogP contribution >= 0.6 is 0 Å². The normalized spacial score (nSPS) is 15.0. The zero-order valence-electron chi connectivity index (χ0n) is 11.7. The molecule has 0 bridgehead atoms. The first-order valence-electron chi connectivity index (χ1n) is 6.80. The fourth-order valence-corrected chi connectivity index (χ4v) is 2.75. The Bertz CT molecular complexity index is 696. The molecule has 6 heteroatoms. The van der Waals surface area contributed by atoms with Crippen LogP contribution in [0.2, 0.25) is 0 Å². The largest absolute Gasteiger partial charge is 0.480 e. The number of fused-ring (bicyclic) bond motifs is 1. The second-order valence-electron chi connectivity index (χ2n) is 5.29. The van der Waals surface area contributed by atoms with Gasteiger partial charge in [-0.15, -0.1) is 0 Å². The van der Waals surface area contributed by atoms with Crippen LogP contribution in [0.25, 0.3) is 11.3 Å². The number of carboxylic acid groups (broad SMARTS) is 1. The van der Waals surface area contributed by atoms with Crippen LogP contribution < -0.4 is 0 Å². The summed E-state index contributed by atoms with van der Waals surface area (Å²) in [5, 5.41) is 13.4. The predicted octanol–water partition coefficient (Wildman–Crippen LogP) is 1.76. The molecule has 5 nitrogen and oxygen atoms in total. The maximum Gasteiger partial charge on any atom is 0.325 e. The van der Waals surface area contributed by atoms with Gasteiger partial charge >= 0.3 is 5.97 Å². The van der Waals surface area contributed by atoms with Crippen molar-refractivity contribution in [3.05, 3.63) is 41.3 Å². The molecule has 0 unspecified atom stereocenters. The Balaban J connectivity index is 2.14. The summed E-state index contributed by atoms with van der Waals surface area (Å²) in [6, 6.07) is 6.46. The standard InChI is InChI=1S/C15H16FN3O2/c1-18-7-6-13-11(8-18)15(17-19(13)9-14(20)21)10-4-2-3-5-12(10)16/h2-5H,6-9H2,1H3,(H,20,21). The molecule has 0 saturated heterocycles. The molecule has 1 N–H and O–H groups in total. The molecule has 0 amide bonds. The van der Waals surface area contributed by atoms with E-state index >= 15 is 0 Å². The first kappa shape index (κ1) is 13.8. The fourth-order valence-electron chi connectivity index (χ4n) is 2.75. The second-order valence-corrected chi connectivity index (χ2v) is 5.29. The highest BCUT2D eigenvalue weighted by Gasteiger charge is 2.25. The smallest absolute Gasteiger partial charge is 0.325 e. The van der Waals surface area contributed by atoms with E-state index in [1.54, 1.807) is 18.2 Å². The molecule has 0 fully saturated rings. The van der Waals surface area contributed by atoms with Crippen LogP contribution in [0.5, 0.6) is 0 Å². The van der Waals surface area contributed by atoms with Gasteiger partial charge in [-0.3, -0.25) is 9.48 Å². The monoisotopic (exact) mass is 289 g/mol. The highest BCUT2D eigenvalue weighted by molar-refractivity contribution is 5.68. The van der Waals surface area contributed by atoms with Gasteiger partial charge in [0.05, 0.1) is 0 Å². The number of likely N-dealkylation sites (N-methyl/N-ethyl adjacent to an activating group) is 1. The van der Waals surface area contributed by atoms with Crippen molar-refractivity contribution in [2.75, 3.05) is 13.6 Å². The van der Waals surface area contributed by atoms with Gasteiger partial charge in [0.1, 0.15) is 18.1 Å². The van der Waals surface area contributed by atoms with Crippen molar-refractivity contribution >= 4 is 5.97 Å². The summed E-state index contributed by atoms with van der Waals surface area (Å²) in [7, 11) is 1.99. The van der Waals surface area contributed by atoms with E-state index < -0.39 is 5.97 Å². The van der Waals surface area contributed by atoms with Gasteiger partial charge in [-0.2, -0.15) is 5.10 Å². The summed E-state index contributed by atoms with van der Waals surface area (Å²) in [5.41, 5.74) is 2.80. The number of benzene rings is 1. The van der Waals surface area contributed by atoms with Crippen LogP contribution in [0.4, 0.5) is 4.39 Å². The predicted molar refractivity (Wildman–Crippen MR) is 75.3 cm³/mol. The first-order chi connectivity index (χ1) is 10.1. The molecule has 1 aromatic heterocycles. The Labute approximate surface area is 121 Å². The molecule has 0 radical (unpaired) electrons. The van der Waals surface area contributed by atoms with Crippen molar-refractivity contribution in [2.45, 2.75) is 19.5 Å². The molecule has 0 spiro atoms. The number of carboxylic acids is 1. The van der Waals surface area contributed by atoms with Crippen LogP contribution in [0.1, 0.15) is 11.3 Å². The van der Waals surface area contributed by atoms with Gasteiger partial charge in [-0.1, -0.05) is 12.1 Å². The van der Waals surface area contributed by atoms with Crippen molar-refractivity contribution in [3.63, 3.8) is 0 Å². The zero-order valence-corrected chi connectivity index (χ0v) is 11.7. The molecule has 2 aromatic rings. The van der Waals surface area contributed by atoms with Gasteiger partial charge < -0.3 is 10.0 Å². The summed E-state index contributed by atoms with van der Waals surface area (Å²) in [6.07, 6.45) is 0.723. The highest BCUT2D eigenvalue weighted by Crippen LogP contribution is 2.31. The van der Waals surface area contributed by atoms with Crippen LogP contribution in [0.15, 0.2) is 24.3 Å². The molecule has 1 aliphatic rings. The van der Waals surface area contributed by atoms with E-state index in [-0.39, 0.29) is 12.4 Å². The number of halogens is 1. The molecule has 1 aliphatic heterocycles. The third-order valence-electron chi connectivity index (χ3n) is 3.74. The zero-order chi connectivity index (χ0) is 15.0. The van der Waals surface area contributed by atoms with Crippen molar-refractivity contribution in [3.8, 4) is 11.3 Å². The molecule has 2 heterocycles. The number of aromatic nitrogens is 2. The third-order valence-corrected chi connectivity index (χ3v) is 3.74. The number of nitrogens with zero attached hydrogens (tertiary/aromatic N) is 3. The van der Waals surface area contributed by atoms with Crippen molar-refractivity contribution < 1.29 is 14.3 Å². The van der Waals surface area contributed by atoms with Crippen LogP contribution in [-0.2, 0) is 24.3 Å². The van der Waals surface area contributed by atoms with Gasteiger partial charge in [0, 0.05) is 36.3 Å². The molecule has 0 saturated carbocycles. The minimum atomic E-state index is -0.945. The number of carbonyl (C=O) groups is 1. The van der Waals surface area contributed by atoms with Crippen molar-refractivity contribution in [1.82, 2.24) is 14.7 Å². The van der Waals surface area contributed by atoms with E-state index in [9.17, 15) is 9.18 Å². The number of rotatable bonds is 3. The fraction of sp³-hybridized carbons (Fsp3) is 0.333. The van der Waals surface area contributed by atoms with E-state index in [1.165, 1.54) is 10.7 Å². The van der Waals surface area contributed by atoms with E-state index in [0.717, 1.165) is 24.2 Å². The molecular formula is C15H16FN3O2. The molecule has 110 valence electrons. The summed E-state index contributed by atoms with van der Waals surface area (Å²) in [5.74, 6) is -1.28. The SMILES string of the molecule is CN1CCc2c(c(-c3ccccc3F)nn2CC(=O)O)C1. The number of aliphatic carboxylic acids is 1. The maximum absolute atomic E-state index is 14.0. The summed E-state index contributed by atoms with van der Waals surface area (Å²) in [4.78, 5) is 13.1. The number of hydrogen-bond donors (Lipinski definition) is 1. The lowest BCUT2D eigenvalue weighted by Crippen LogP contribution is -2.28. The van der Waals surface area contributed by atoms with E-state index in [0.29, 0.717) is 17.8 Å². The van der Waals surface area contributed by atoms with E-state index in [1.807, 2.05) is 7.05 Å². The third kappa shape index (κ3) is 2.54. The Hall–Kier alpha value is -2.21.